The molecule has 0 atom stereocenters. The molecule has 2 rings (SSSR count). The van der Waals surface area contributed by atoms with Crippen LogP contribution >= 0.6 is 22.6 Å². The minimum atomic E-state index is -3.07. The van der Waals surface area contributed by atoms with E-state index in [4.69, 9.17) is 4.74 Å². The maximum absolute atomic E-state index is 12.3. The molecule has 2 aromatic rings. The highest BCUT2D eigenvalue weighted by atomic mass is 127. The Morgan fingerprint density at radius 1 is 1.08 bits per heavy atom. The summed E-state index contributed by atoms with van der Waals surface area (Å²) in [6.07, 6.45) is 0. The zero-order chi connectivity index (χ0) is 17.5. The average Bonchev–Trinajstić information content (AvgIpc) is 2.55. The Morgan fingerprint density at radius 3 is 2.46 bits per heavy atom. The lowest BCUT2D eigenvalue weighted by atomic mass is 10.2. The number of hydrogen-bond donors (Lipinski definition) is 1. The van der Waals surface area contributed by atoms with E-state index in [1.165, 1.54) is 24.3 Å². The fourth-order valence-electron chi connectivity index (χ4n) is 1.79. The van der Waals surface area contributed by atoms with Gasteiger partial charge >= 0.3 is 12.6 Å². The number of para-hydroxylation sites is 2. The second kappa shape index (κ2) is 8.57. The minimum Gasteiger partial charge on any atom is -0.452 e. The molecule has 0 radical (unpaired) electrons. The molecule has 2 aromatic carbocycles. The van der Waals surface area contributed by atoms with Crippen LogP contribution in [0.15, 0.2) is 48.5 Å². The topological polar surface area (TPSA) is 64.6 Å². The number of rotatable bonds is 6. The van der Waals surface area contributed by atoms with E-state index in [0.29, 0.717) is 5.69 Å². The molecule has 0 saturated carbocycles. The fourth-order valence-corrected chi connectivity index (χ4v) is 2.31. The number of esters is 1. The summed E-state index contributed by atoms with van der Waals surface area (Å²) in [5, 5.41) is 2.59. The van der Waals surface area contributed by atoms with E-state index in [2.05, 4.69) is 32.6 Å². The third-order valence-electron chi connectivity index (χ3n) is 2.81. The molecule has 0 heterocycles. The van der Waals surface area contributed by atoms with Crippen molar-refractivity contribution in [3.8, 4) is 5.75 Å². The van der Waals surface area contributed by atoms with Gasteiger partial charge in [-0.25, -0.2) is 4.79 Å². The van der Waals surface area contributed by atoms with Crippen LogP contribution in [0.1, 0.15) is 10.4 Å². The van der Waals surface area contributed by atoms with Crippen LogP contribution in [0, 0.1) is 3.57 Å². The Kier molecular flexibility index (Phi) is 6.47. The van der Waals surface area contributed by atoms with Gasteiger partial charge in [0.1, 0.15) is 11.3 Å². The van der Waals surface area contributed by atoms with E-state index in [1.54, 1.807) is 18.2 Å². The molecule has 0 bridgehead atoms. The van der Waals surface area contributed by atoms with Crippen LogP contribution in [0.25, 0.3) is 0 Å². The van der Waals surface area contributed by atoms with Crippen LogP contribution in [0.4, 0.5) is 14.5 Å². The van der Waals surface area contributed by atoms with Gasteiger partial charge in [-0.05, 0) is 46.9 Å². The number of alkyl halides is 2. The Hall–Kier alpha value is -2.23. The van der Waals surface area contributed by atoms with Crippen molar-refractivity contribution < 1.29 is 27.8 Å². The van der Waals surface area contributed by atoms with Gasteiger partial charge in [-0.1, -0.05) is 24.3 Å². The van der Waals surface area contributed by atoms with Gasteiger partial charge in [-0.3, -0.25) is 4.79 Å². The highest BCUT2D eigenvalue weighted by Crippen LogP contribution is 2.21. The normalized spacial score (nSPS) is 10.3. The number of anilines is 1. The van der Waals surface area contributed by atoms with Gasteiger partial charge in [0.2, 0.25) is 0 Å². The van der Waals surface area contributed by atoms with Crippen molar-refractivity contribution in [3.05, 3.63) is 57.7 Å². The van der Waals surface area contributed by atoms with Crippen LogP contribution in [-0.4, -0.2) is 25.1 Å². The van der Waals surface area contributed by atoms with Gasteiger partial charge < -0.3 is 14.8 Å². The first kappa shape index (κ1) is 18.1. The van der Waals surface area contributed by atoms with E-state index in [1.807, 2.05) is 6.07 Å². The first-order valence-electron chi connectivity index (χ1n) is 6.72. The lowest BCUT2D eigenvalue weighted by molar-refractivity contribution is -0.119. The third kappa shape index (κ3) is 5.15. The molecule has 5 nitrogen and oxygen atoms in total. The predicted molar refractivity (Wildman–Crippen MR) is 91.1 cm³/mol. The predicted octanol–water partition coefficient (Wildman–Crippen LogP) is 3.69. The summed E-state index contributed by atoms with van der Waals surface area (Å²) in [7, 11) is 0. The van der Waals surface area contributed by atoms with Crippen molar-refractivity contribution >= 4 is 40.2 Å². The summed E-state index contributed by atoms with van der Waals surface area (Å²) in [5.41, 5.74) is 0.403. The van der Waals surface area contributed by atoms with E-state index < -0.39 is 25.1 Å². The van der Waals surface area contributed by atoms with Gasteiger partial charge in [0, 0.05) is 3.57 Å². The fraction of sp³-hybridized carbons (Fsp3) is 0.125. The average molecular weight is 447 g/mol. The quantitative estimate of drug-likeness (QED) is 0.542. The van der Waals surface area contributed by atoms with E-state index in [9.17, 15) is 18.4 Å². The summed E-state index contributed by atoms with van der Waals surface area (Å²) in [6.45, 7) is -3.62. The molecule has 0 fully saturated rings. The second-order valence-corrected chi connectivity index (χ2v) is 5.64. The van der Waals surface area contributed by atoms with Crippen molar-refractivity contribution in [3.63, 3.8) is 0 Å². The summed E-state index contributed by atoms with van der Waals surface area (Å²) in [5.74, 6) is -1.78. The molecular formula is C16H12F2INO4. The first-order valence-corrected chi connectivity index (χ1v) is 7.80. The summed E-state index contributed by atoms with van der Waals surface area (Å²) in [4.78, 5) is 23.8. The molecule has 24 heavy (non-hydrogen) atoms. The number of carbonyl (C=O) groups excluding carboxylic acids is 2. The Bertz CT molecular complexity index is 740. The molecule has 0 saturated heterocycles. The second-order valence-electron chi connectivity index (χ2n) is 4.48. The maximum atomic E-state index is 12.3. The van der Waals surface area contributed by atoms with E-state index in [-0.39, 0.29) is 11.3 Å². The number of amides is 1. The van der Waals surface area contributed by atoms with Gasteiger partial charge in [0.25, 0.3) is 5.91 Å². The molecule has 1 amide bonds. The SMILES string of the molecule is O=C(COC(=O)c1ccccc1OC(F)F)Nc1ccccc1I. The minimum absolute atomic E-state index is 0.181. The maximum Gasteiger partial charge on any atom is 0.387 e. The van der Waals surface area contributed by atoms with Gasteiger partial charge in [0.15, 0.2) is 6.61 Å². The molecule has 0 unspecified atom stereocenters. The zero-order valence-corrected chi connectivity index (χ0v) is 14.3. The van der Waals surface area contributed by atoms with Crippen LogP contribution in [0.3, 0.4) is 0 Å². The molecule has 0 spiro atoms. The van der Waals surface area contributed by atoms with Crippen molar-refractivity contribution in [2.24, 2.45) is 0 Å². The molecule has 0 aliphatic rings. The zero-order valence-electron chi connectivity index (χ0n) is 12.2. The molecular weight excluding hydrogens is 435 g/mol. The molecule has 8 heteroatoms. The Balaban J connectivity index is 1.96. The lowest BCUT2D eigenvalue weighted by Gasteiger charge is -2.11. The van der Waals surface area contributed by atoms with Gasteiger partial charge in [-0.15, -0.1) is 0 Å². The van der Waals surface area contributed by atoms with Crippen LogP contribution in [0.5, 0.6) is 5.75 Å². The number of nitrogens with one attached hydrogen (secondary N) is 1. The van der Waals surface area contributed by atoms with Crippen LogP contribution in [-0.2, 0) is 9.53 Å². The first-order chi connectivity index (χ1) is 11.5. The van der Waals surface area contributed by atoms with Crippen molar-refractivity contribution in [1.82, 2.24) is 0 Å². The van der Waals surface area contributed by atoms with Crippen molar-refractivity contribution in [2.75, 3.05) is 11.9 Å². The highest BCUT2D eigenvalue weighted by Gasteiger charge is 2.17. The van der Waals surface area contributed by atoms with Crippen LogP contribution < -0.4 is 10.1 Å². The highest BCUT2D eigenvalue weighted by molar-refractivity contribution is 14.1. The van der Waals surface area contributed by atoms with Crippen LogP contribution in [0.2, 0.25) is 0 Å². The number of carbonyl (C=O) groups is 2. The lowest BCUT2D eigenvalue weighted by Crippen LogP contribution is -2.21. The van der Waals surface area contributed by atoms with E-state index in [0.717, 1.165) is 3.57 Å². The Morgan fingerprint density at radius 2 is 1.75 bits per heavy atom. The smallest absolute Gasteiger partial charge is 0.387 e. The summed E-state index contributed by atoms with van der Waals surface area (Å²) >= 11 is 2.05. The summed E-state index contributed by atoms with van der Waals surface area (Å²) in [6, 6.07) is 12.5. The standard InChI is InChI=1S/C16H12F2INO4/c17-16(18)24-13-8-4-1-5-10(13)15(22)23-9-14(21)20-12-7-3-2-6-11(12)19/h1-8,16H,9H2,(H,20,21). The Labute approximate surface area is 150 Å². The monoisotopic (exact) mass is 447 g/mol. The molecule has 0 aliphatic heterocycles. The molecule has 1 N–H and O–H groups in total. The molecule has 0 aromatic heterocycles. The van der Waals surface area contributed by atoms with Gasteiger partial charge in [0.05, 0.1) is 5.69 Å². The van der Waals surface area contributed by atoms with Crippen molar-refractivity contribution in [1.29, 1.82) is 0 Å². The number of halogens is 3. The number of ether oxygens (including phenoxy) is 2. The number of hydrogen-bond acceptors (Lipinski definition) is 4. The molecule has 126 valence electrons. The van der Waals surface area contributed by atoms with Crippen molar-refractivity contribution in [2.45, 2.75) is 6.61 Å². The summed E-state index contributed by atoms with van der Waals surface area (Å²) < 4.78 is 34.6. The number of benzene rings is 2. The van der Waals surface area contributed by atoms with Gasteiger partial charge in [-0.2, -0.15) is 8.78 Å². The molecule has 0 aliphatic carbocycles. The van der Waals surface area contributed by atoms with E-state index >= 15 is 0 Å². The largest absolute Gasteiger partial charge is 0.452 e. The third-order valence-corrected chi connectivity index (χ3v) is 3.75.